The molecule has 18 heavy (non-hydrogen) atoms. The van der Waals surface area contributed by atoms with Crippen molar-refractivity contribution >= 4 is 11.4 Å². The molecule has 0 aliphatic carbocycles. The predicted octanol–water partition coefficient (Wildman–Crippen LogP) is 2.52. The summed E-state index contributed by atoms with van der Waals surface area (Å²) in [7, 11) is 0. The van der Waals surface area contributed by atoms with Gasteiger partial charge in [0.05, 0.1) is 13.2 Å². The Morgan fingerprint density at radius 2 is 2.17 bits per heavy atom. The van der Waals surface area contributed by atoms with E-state index in [4.69, 9.17) is 4.74 Å². The molecule has 98 valence electrons. The van der Waals surface area contributed by atoms with E-state index in [2.05, 4.69) is 35.3 Å². The number of rotatable bonds is 2. The van der Waals surface area contributed by atoms with Crippen LogP contribution < -0.4 is 10.2 Å². The fourth-order valence-corrected chi connectivity index (χ4v) is 2.87. The van der Waals surface area contributed by atoms with Crippen LogP contribution in [0.15, 0.2) is 18.2 Å². The zero-order valence-corrected chi connectivity index (χ0v) is 11.1. The van der Waals surface area contributed by atoms with Gasteiger partial charge in [-0.15, -0.1) is 0 Å². The maximum Gasteiger partial charge on any atom is 0.0642 e. The van der Waals surface area contributed by atoms with Crippen LogP contribution in [0.4, 0.5) is 11.4 Å². The molecule has 0 bridgehead atoms. The molecule has 0 aromatic heterocycles. The molecule has 2 aliphatic heterocycles. The summed E-state index contributed by atoms with van der Waals surface area (Å²) in [6, 6.07) is 6.85. The summed E-state index contributed by atoms with van der Waals surface area (Å²) >= 11 is 0. The first-order valence-electron chi connectivity index (χ1n) is 7.06. The molecule has 1 aromatic rings. The molecule has 3 heteroatoms. The molecule has 1 N–H and O–H groups in total. The Hall–Kier alpha value is -1.22. The SMILES string of the molecule is CCC1CNc2ccc(N3CCOCC3)cc2C1. The Kier molecular flexibility index (Phi) is 3.41. The Morgan fingerprint density at radius 1 is 1.33 bits per heavy atom. The average Bonchev–Trinajstić information content (AvgIpc) is 2.47. The number of nitrogens with zero attached hydrogens (tertiary/aromatic N) is 1. The van der Waals surface area contributed by atoms with E-state index in [9.17, 15) is 0 Å². The van der Waals surface area contributed by atoms with Crippen LogP contribution in [0.25, 0.3) is 0 Å². The van der Waals surface area contributed by atoms with Gasteiger partial charge in [0.15, 0.2) is 0 Å². The van der Waals surface area contributed by atoms with Gasteiger partial charge >= 0.3 is 0 Å². The number of nitrogens with one attached hydrogen (secondary N) is 1. The van der Waals surface area contributed by atoms with Gasteiger partial charge in [0.25, 0.3) is 0 Å². The quantitative estimate of drug-likeness (QED) is 0.868. The van der Waals surface area contributed by atoms with E-state index in [1.807, 2.05) is 0 Å². The molecule has 1 aromatic carbocycles. The lowest BCUT2D eigenvalue weighted by atomic mass is 9.92. The van der Waals surface area contributed by atoms with Crippen LogP contribution in [0, 0.1) is 5.92 Å². The maximum absolute atomic E-state index is 5.41. The van der Waals surface area contributed by atoms with Crippen molar-refractivity contribution in [1.82, 2.24) is 0 Å². The van der Waals surface area contributed by atoms with Gasteiger partial charge in [-0.1, -0.05) is 13.3 Å². The van der Waals surface area contributed by atoms with Gasteiger partial charge in [0.2, 0.25) is 0 Å². The van der Waals surface area contributed by atoms with E-state index in [-0.39, 0.29) is 0 Å². The lowest BCUT2D eigenvalue weighted by Gasteiger charge is -2.31. The van der Waals surface area contributed by atoms with Gasteiger partial charge < -0.3 is 15.0 Å². The Labute approximate surface area is 109 Å². The first-order chi connectivity index (χ1) is 8.86. The molecule has 2 heterocycles. The van der Waals surface area contributed by atoms with Crippen molar-refractivity contribution in [2.24, 2.45) is 5.92 Å². The molecule has 3 rings (SSSR count). The summed E-state index contributed by atoms with van der Waals surface area (Å²) in [5.41, 5.74) is 4.17. The van der Waals surface area contributed by atoms with Crippen molar-refractivity contribution in [1.29, 1.82) is 0 Å². The number of fused-ring (bicyclic) bond motifs is 1. The van der Waals surface area contributed by atoms with Crippen LogP contribution in [0.5, 0.6) is 0 Å². The molecule has 2 aliphatic rings. The van der Waals surface area contributed by atoms with Crippen molar-refractivity contribution in [3.63, 3.8) is 0 Å². The summed E-state index contributed by atoms with van der Waals surface area (Å²) in [5.74, 6) is 0.789. The zero-order valence-electron chi connectivity index (χ0n) is 11.1. The van der Waals surface area contributed by atoms with Gasteiger partial charge in [0, 0.05) is 31.0 Å². The normalized spacial score (nSPS) is 23.4. The minimum atomic E-state index is 0.789. The highest BCUT2D eigenvalue weighted by molar-refractivity contribution is 5.62. The minimum absolute atomic E-state index is 0.789. The summed E-state index contributed by atoms with van der Waals surface area (Å²) in [4.78, 5) is 2.43. The largest absolute Gasteiger partial charge is 0.385 e. The highest BCUT2D eigenvalue weighted by atomic mass is 16.5. The highest BCUT2D eigenvalue weighted by Gasteiger charge is 2.18. The third kappa shape index (κ3) is 2.32. The van der Waals surface area contributed by atoms with Gasteiger partial charge in [-0.25, -0.2) is 0 Å². The first-order valence-corrected chi connectivity index (χ1v) is 7.06. The van der Waals surface area contributed by atoms with Crippen molar-refractivity contribution in [3.05, 3.63) is 23.8 Å². The van der Waals surface area contributed by atoms with Crippen LogP contribution >= 0.6 is 0 Å². The number of ether oxygens (including phenoxy) is 1. The van der Waals surface area contributed by atoms with Crippen molar-refractivity contribution in [2.45, 2.75) is 19.8 Å². The summed E-state index contributed by atoms with van der Waals surface area (Å²) < 4.78 is 5.41. The summed E-state index contributed by atoms with van der Waals surface area (Å²) in [6.07, 6.45) is 2.48. The molecule has 1 atom stereocenters. The van der Waals surface area contributed by atoms with Crippen LogP contribution in [0.3, 0.4) is 0 Å². The Balaban J connectivity index is 1.81. The predicted molar refractivity (Wildman–Crippen MR) is 75.4 cm³/mol. The lowest BCUT2D eigenvalue weighted by Crippen LogP contribution is -2.36. The second-order valence-corrected chi connectivity index (χ2v) is 5.30. The average molecular weight is 246 g/mol. The van der Waals surface area contributed by atoms with E-state index < -0.39 is 0 Å². The third-order valence-electron chi connectivity index (χ3n) is 4.13. The van der Waals surface area contributed by atoms with E-state index in [0.717, 1.165) is 38.8 Å². The standard InChI is InChI=1S/C15H22N2O/c1-2-12-9-13-10-14(3-4-15(13)16-11-12)17-5-7-18-8-6-17/h3-4,10,12,16H,2,5-9,11H2,1H3. The van der Waals surface area contributed by atoms with Crippen LogP contribution in [-0.2, 0) is 11.2 Å². The van der Waals surface area contributed by atoms with Gasteiger partial charge in [-0.3, -0.25) is 0 Å². The lowest BCUT2D eigenvalue weighted by molar-refractivity contribution is 0.122. The van der Waals surface area contributed by atoms with E-state index in [1.54, 1.807) is 0 Å². The number of hydrogen-bond acceptors (Lipinski definition) is 3. The van der Waals surface area contributed by atoms with E-state index >= 15 is 0 Å². The van der Waals surface area contributed by atoms with E-state index in [0.29, 0.717) is 0 Å². The van der Waals surface area contributed by atoms with Crippen molar-refractivity contribution in [2.75, 3.05) is 43.1 Å². The topological polar surface area (TPSA) is 24.5 Å². The van der Waals surface area contributed by atoms with Gasteiger partial charge in [-0.2, -0.15) is 0 Å². The van der Waals surface area contributed by atoms with E-state index in [1.165, 1.54) is 29.8 Å². The Bertz CT molecular complexity index is 413. The zero-order chi connectivity index (χ0) is 12.4. The number of morpholine rings is 1. The number of hydrogen-bond donors (Lipinski definition) is 1. The monoisotopic (exact) mass is 246 g/mol. The molecule has 1 saturated heterocycles. The smallest absolute Gasteiger partial charge is 0.0642 e. The fourth-order valence-electron chi connectivity index (χ4n) is 2.87. The molecule has 0 saturated carbocycles. The molecular formula is C15H22N2O. The summed E-state index contributed by atoms with van der Waals surface area (Å²) in [5, 5.41) is 3.55. The van der Waals surface area contributed by atoms with Gasteiger partial charge in [0.1, 0.15) is 0 Å². The van der Waals surface area contributed by atoms with Crippen molar-refractivity contribution in [3.8, 4) is 0 Å². The first kappa shape index (κ1) is 11.8. The maximum atomic E-state index is 5.41. The molecule has 0 amide bonds. The molecule has 0 spiro atoms. The highest BCUT2D eigenvalue weighted by Crippen LogP contribution is 2.30. The third-order valence-corrected chi connectivity index (χ3v) is 4.13. The molecule has 1 unspecified atom stereocenters. The van der Waals surface area contributed by atoms with Crippen molar-refractivity contribution < 1.29 is 4.74 Å². The number of benzene rings is 1. The van der Waals surface area contributed by atoms with Crippen LogP contribution in [-0.4, -0.2) is 32.8 Å². The number of anilines is 2. The Morgan fingerprint density at radius 3 is 2.94 bits per heavy atom. The van der Waals surface area contributed by atoms with Gasteiger partial charge in [-0.05, 0) is 36.1 Å². The molecule has 0 radical (unpaired) electrons. The molecule has 1 fully saturated rings. The second-order valence-electron chi connectivity index (χ2n) is 5.30. The minimum Gasteiger partial charge on any atom is -0.385 e. The summed E-state index contributed by atoms with van der Waals surface area (Å²) in [6.45, 7) is 7.15. The molecular weight excluding hydrogens is 224 g/mol. The van der Waals surface area contributed by atoms with Crippen LogP contribution in [0.1, 0.15) is 18.9 Å². The van der Waals surface area contributed by atoms with Crippen LogP contribution in [0.2, 0.25) is 0 Å². The second kappa shape index (κ2) is 5.19. The molecule has 3 nitrogen and oxygen atoms in total. The fraction of sp³-hybridized carbons (Fsp3) is 0.600.